The van der Waals surface area contributed by atoms with Crippen molar-refractivity contribution in [1.82, 2.24) is 4.90 Å². The Kier molecular flexibility index (Phi) is 4.72. The Balaban J connectivity index is 1.53. The second kappa shape index (κ2) is 7.11. The molecule has 0 unspecified atom stereocenters. The smallest absolute Gasteiger partial charge is 0.120 e. The quantitative estimate of drug-likeness (QED) is 0.782. The van der Waals surface area contributed by atoms with Gasteiger partial charge in [-0.15, -0.1) is 0 Å². The highest BCUT2D eigenvalue weighted by Gasteiger charge is 2.28. The van der Waals surface area contributed by atoms with Crippen LogP contribution in [0.5, 0.6) is 5.75 Å². The minimum absolute atomic E-state index is 0.640. The molecule has 0 spiro atoms. The summed E-state index contributed by atoms with van der Waals surface area (Å²) in [4.78, 5) is 2.49. The highest BCUT2D eigenvalue weighted by atomic mass is 16.5. The van der Waals surface area contributed by atoms with Gasteiger partial charge in [0.1, 0.15) is 12.4 Å². The number of ether oxygens (including phenoxy) is 1. The number of hydrogen-bond donors (Lipinski definition) is 0. The molecule has 3 heteroatoms. The van der Waals surface area contributed by atoms with E-state index >= 15 is 0 Å². The molecule has 1 aliphatic carbocycles. The second-order valence-corrected chi connectivity index (χ2v) is 5.68. The van der Waals surface area contributed by atoms with Crippen molar-refractivity contribution < 1.29 is 4.74 Å². The number of hydrogen-bond acceptors (Lipinski definition) is 3. The van der Waals surface area contributed by atoms with Crippen LogP contribution < -0.4 is 4.74 Å². The van der Waals surface area contributed by atoms with Crippen LogP contribution in [-0.4, -0.2) is 24.1 Å². The number of benzene rings is 2. The van der Waals surface area contributed by atoms with Crippen molar-refractivity contribution in [2.45, 2.75) is 25.4 Å². The van der Waals surface area contributed by atoms with Crippen LogP contribution in [-0.2, 0) is 6.54 Å². The fraction of sp³-hybridized carbons (Fsp3) is 0.316. The molecular formula is C19H20N2O. The third-order valence-corrected chi connectivity index (χ3v) is 3.90. The van der Waals surface area contributed by atoms with Crippen LogP contribution in [0, 0.1) is 11.3 Å². The van der Waals surface area contributed by atoms with E-state index in [1.54, 1.807) is 12.1 Å². The van der Waals surface area contributed by atoms with Crippen molar-refractivity contribution in [3.05, 3.63) is 65.7 Å². The van der Waals surface area contributed by atoms with Gasteiger partial charge in [-0.2, -0.15) is 5.26 Å². The summed E-state index contributed by atoms with van der Waals surface area (Å²) < 4.78 is 5.80. The first kappa shape index (κ1) is 14.6. The molecule has 0 N–H and O–H groups in total. The Hall–Kier alpha value is -2.31. The lowest BCUT2D eigenvalue weighted by Crippen LogP contribution is -2.30. The number of rotatable bonds is 7. The van der Waals surface area contributed by atoms with Gasteiger partial charge in [0.25, 0.3) is 0 Å². The Bertz CT molecular complexity index is 644. The molecule has 1 fully saturated rings. The van der Waals surface area contributed by atoms with Gasteiger partial charge >= 0.3 is 0 Å². The lowest BCUT2D eigenvalue weighted by Gasteiger charge is -2.22. The van der Waals surface area contributed by atoms with Gasteiger partial charge in [-0.1, -0.05) is 36.4 Å². The zero-order valence-electron chi connectivity index (χ0n) is 12.6. The summed E-state index contributed by atoms with van der Waals surface area (Å²) in [6.07, 6.45) is 2.58. The van der Waals surface area contributed by atoms with Crippen LogP contribution in [0.4, 0.5) is 0 Å². The minimum Gasteiger partial charge on any atom is -0.492 e. The van der Waals surface area contributed by atoms with Crippen LogP contribution in [0.1, 0.15) is 24.0 Å². The van der Waals surface area contributed by atoms with Crippen LogP contribution >= 0.6 is 0 Å². The van der Waals surface area contributed by atoms with Gasteiger partial charge in [0.15, 0.2) is 0 Å². The molecule has 3 nitrogen and oxygen atoms in total. The van der Waals surface area contributed by atoms with E-state index in [1.807, 2.05) is 12.1 Å². The van der Waals surface area contributed by atoms with E-state index in [0.717, 1.165) is 18.8 Å². The first-order valence-corrected chi connectivity index (χ1v) is 7.76. The molecule has 0 atom stereocenters. The lowest BCUT2D eigenvalue weighted by atomic mass is 10.2. The lowest BCUT2D eigenvalue weighted by molar-refractivity contribution is 0.195. The largest absolute Gasteiger partial charge is 0.492 e. The average Bonchev–Trinajstić information content (AvgIpc) is 3.40. The fourth-order valence-corrected chi connectivity index (χ4v) is 2.58. The van der Waals surface area contributed by atoms with Crippen molar-refractivity contribution in [1.29, 1.82) is 5.26 Å². The molecule has 0 heterocycles. The topological polar surface area (TPSA) is 36.3 Å². The molecule has 1 saturated carbocycles. The van der Waals surface area contributed by atoms with Crippen LogP contribution in [0.25, 0.3) is 0 Å². The standard InChI is InChI=1S/C19H20N2O/c20-14-17-7-4-8-19(13-17)22-12-11-21(18-9-10-18)15-16-5-2-1-3-6-16/h1-8,13,18H,9-12,15H2. The van der Waals surface area contributed by atoms with Crippen LogP contribution in [0.15, 0.2) is 54.6 Å². The molecule has 2 aromatic rings. The maximum Gasteiger partial charge on any atom is 0.120 e. The summed E-state index contributed by atoms with van der Waals surface area (Å²) in [7, 11) is 0. The predicted octanol–water partition coefficient (Wildman–Crippen LogP) is 3.60. The zero-order valence-corrected chi connectivity index (χ0v) is 12.6. The maximum atomic E-state index is 8.91. The van der Waals surface area contributed by atoms with Crippen molar-refractivity contribution >= 4 is 0 Å². The molecule has 22 heavy (non-hydrogen) atoms. The van der Waals surface area contributed by atoms with Gasteiger partial charge in [-0.3, -0.25) is 4.90 Å². The summed E-state index contributed by atoms with van der Waals surface area (Å²) in [5.41, 5.74) is 1.99. The van der Waals surface area contributed by atoms with E-state index in [-0.39, 0.29) is 0 Å². The maximum absolute atomic E-state index is 8.91. The third kappa shape index (κ3) is 4.09. The van der Waals surface area contributed by atoms with Crippen molar-refractivity contribution in [3.8, 4) is 11.8 Å². The van der Waals surface area contributed by atoms with E-state index in [0.29, 0.717) is 18.2 Å². The molecule has 0 radical (unpaired) electrons. The third-order valence-electron chi connectivity index (χ3n) is 3.90. The van der Waals surface area contributed by atoms with Crippen molar-refractivity contribution in [3.63, 3.8) is 0 Å². The Labute approximate surface area is 131 Å². The number of nitrogens with zero attached hydrogens (tertiary/aromatic N) is 2. The van der Waals surface area contributed by atoms with Gasteiger partial charge in [0, 0.05) is 19.1 Å². The molecule has 0 aromatic heterocycles. The Morgan fingerprint density at radius 1 is 1.09 bits per heavy atom. The molecule has 0 saturated heterocycles. The summed E-state index contributed by atoms with van der Waals surface area (Å²) in [5.74, 6) is 0.773. The van der Waals surface area contributed by atoms with Crippen molar-refractivity contribution in [2.75, 3.05) is 13.2 Å². The van der Waals surface area contributed by atoms with E-state index in [9.17, 15) is 0 Å². The molecule has 3 rings (SSSR count). The fourth-order valence-electron chi connectivity index (χ4n) is 2.58. The van der Waals surface area contributed by atoms with E-state index < -0.39 is 0 Å². The summed E-state index contributed by atoms with van der Waals surface area (Å²) in [6, 6.07) is 20.8. The molecule has 112 valence electrons. The first-order chi connectivity index (χ1) is 10.8. The average molecular weight is 292 g/mol. The highest BCUT2D eigenvalue weighted by molar-refractivity contribution is 5.36. The van der Waals surface area contributed by atoms with Crippen molar-refractivity contribution in [2.24, 2.45) is 0 Å². The minimum atomic E-state index is 0.640. The Morgan fingerprint density at radius 3 is 2.64 bits per heavy atom. The number of nitriles is 1. The second-order valence-electron chi connectivity index (χ2n) is 5.68. The summed E-state index contributed by atoms with van der Waals surface area (Å²) in [6.45, 7) is 2.54. The SMILES string of the molecule is N#Cc1cccc(OCCN(Cc2ccccc2)C2CC2)c1. The highest BCUT2D eigenvalue weighted by Crippen LogP contribution is 2.28. The van der Waals surface area contributed by atoms with Gasteiger partial charge in [-0.25, -0.2) is 0 Å². The summed E-state index contributed by atoms with van der Waals surface area (Å²) in [5, 5.41) is 8.91. The molecule has 2 aromatic carbocycles. The molecule has 0 amide bonds. The normalized spacial score (nSPS) is 13.8. The predicted molar refractivity (Wildman–Crippen MR) is 86.5 cm³/mol. The Morgan fingerprint density at radius 2 is 1.91 bits per heavy atom. The van der Waals surface area contributed by atoms with Crippen LogP contribution in [0.3, 0.4) is 0 Å². The molecule has 0 aliphatic heterocycles. The van der Waals surface area contributed by atoms with Gasteiger partial charge in [0.05, 0.1) is 11.6 Å². The zero-order chi connectivity index (χ0) is 15.2. The van der Waals surface area contributed by atoms with E-state index in [1.165, 1.54) is 18.4 Å². The molecular weight excluding hydrogens is 272 g/mol. The van der Waals surface area contributed by atoms with Gasteiger partial charge < -0.3 is 4.74 Å². The molecule has 0 bridgehead atoms. The first-order valence-electron chi connectivity index (χ1n) is 7.76. The van der Waals surface area contributed by atoms with E-state index in [4.69, 9.17) is 10.00 Å². The van der Waals surface area contributed by atoms with Crippen LogP contribution in [0.2, 0.25) is 0 Å². The van der Waals surface area contributed by atoms with E-state index in [2.05, 4.69) is 41.3 Å². The van der Waals surface area contributed by atoms with Gasteiger partial charge in [-0.05, 0) is 36.6 Å². The monoisotopic (exact) mass is 292 g/mol. The molecule has 1 aliphatic rings. The summed E-state index contributed by atoms with van der Waals surface area (Å²) >= 11 is 0. The van der Waals surface area contributed by atoms with Gasteiger partial charge in [0.2, 0.25) is 0 Å².